The number of alkyl carbamates (subject to hydrolysis) is 1. The van der Waals surface area contributed by atoms with E-state index in [4.69, 9.17) is 9.84 Å². The zero-order valence-corrected chi connectivity index (χ0v) is 19.0. The monoisotopic (exact) mass is 507 g/mol. The number of urea groups is 1. The normalized spacial score (nSPS) is 14.9. The van der Waals surface area contributed by atoms with Crippen molar-refractivity contribution in [2.24, 2.45) is 0 Å². The van der Waals surface area contributed by atoms with Crippen molar-refractivity contribution >= 4 is 41.8 Å². The van der Waals surface area contributed by atoms with Crippen LogP contribution in [0.3, 0.4) is 0 Å². The molecule has 4 N–H and O–H groups in total. The number of aliphatic carboxylic acids is 3. The Morgan fingerprint density at radius 2 is 1.39 bits per heavy atom. The van der Waals surface area contributed by atoms with Crippen LogP contribution in [0.1, 0.15) is 37.7 Å². The summed E-state index contributed by atoms with van der Waals surface area (Å²) in [6.45, 7) is 0.157. The summed E-state index contributed by atoms with van der Waals surface area (Å²) in [6, 6.07) is 3.78. The Morgan fingerprint density at radius 1 is 0.833 bits per heavy atom. The van der Waals surface area contributed by atoms with E-state index in [0.717, 1.165) is 5.56 Å². The number of carboxylic acids is 3. The number of carboxylic acid groups (broad SMARTS) is 3. The number of amides is 5. The summed E-state index contributed by atoms with van der Waals surface area (Å²) in [5.74, 6) is -7.77. The fraction of sp³-hybridized carbons (Fsp3) is 0.409. The van der Waals surface area contributed by atoms with E-state index in [-0.39, 0.29) is 42.2 Å². The molecule has 0 radical (unpaired) electrons. The van der Waals surface area contributed by atoms with Gasteiger partial charge in [0.05, 0.1) is 0 Å². The number of benzene rings is 1. The highest BCUT2D eigenvalue weighted by molar-refractivity contribution is 6.45. The molecular weight excluding hydrogens is 482 g/mol. The van der Waals surface area contributed by atoms with E-state index in [9.17, 15) is 43.8 Å². The molecule has 2 rings (SSSR count). The van der Waals surface area contributed by atoms with Gasteiger partial charge in [0.2, 0.25) is 0 Å². The maximum atomic E-state index is 12.7. The summed E-state index contributed by atoms with van der Waals surface area (Å²) in [6.07, 6.45) is -1.97. The van der Waals surface area contributed by atoms with E-state index in [1.54, 1.807) is 24.3 Å². The molecule has 1 aromatic rings. The average molecular weight is 507 g/mol. The summed E-state index contributed by atoms with van der Waals surface area (Å²) < 4.78 is 5.03. The largest absolute Gasteiger partial charge is 0.481 e. The quantitative estimate of drug-likeness (QED) is 0.156. The highest BCUT2D eigenvalue weighted by Crippen LogP contribution is 2.23. The Balaban J connectivity index is 1.91. The molecule has 5 amide bonds. The molecule has 0 saturated carbocycles. The van der Waals surface area contributed by atoms with Crippen LogP contribution >= 0.6 is 0 Å². The molecule has 0 aromatic heterocycles. The van der Waals surface area contributed by atoms with Gasteiger partial charge in [-0.2, -0.15) is 0 Å². The Kier molecular flexibility index (Phi) is 9.89. The Hall–Kier alpha value is -4.49. The highest BCUT2D eigenvalue weighted by atomic mass is 16.5. The first-order valence-electron chi connectivity index (χ1n) is 10.9. The molecule has 0 unspecified atom stereocenters. The van der Waals surface area contributed by atoms with Crippen molar-refractivity contribution in [3.05, 3.63) is 35.9 Å². The smallest absolute Gasteiger partial charge is 0.407 e. The molecule has 1 fully saturated rings. The average Bonchev–Trinajstić information content (AvgIpc) is 3.03. The Bertz CT molecular complexity index is 1030. The molecule has 1 aliphatic heterocycles. The summed E-state index contributed by atoms with van der Waals surface area (Å²) >= 11 is 0. The van der Waals surface area contributed by atoms with Crippen LogP contribution in [0.5, 0.6) is 0 Å². The number of nitrogens with one attached hydrogen (secondary N) is 1. The van der Waals surface area contributed by atoms with Crippen LogP contribution < -0.4 is 5.32 Å². The SMILES string of the molecule is O=C(O)CC[C@@H](C(=O)O)N1C(=O)C(=O)N([C@@H](CCCCNC(=O)OCc2ccccc2)C(=O)O)C1=O. The lowest BCUT2D eigenvalue weighted by molar-refractivity contribution is -0.152. The number of hydrogen-bond donors (Lipinski definition) is 4. The first-order valence-corrected chi connectivity index (χ1v) is 10.9. The van der Waals surface area contributed by atoms with Crippen molar-refractivity contribution < 1.29 is 53.6 Å². The molecule has 194 valence electrons. The lowest BCUT2D eigenvalue weighted by atomic mass is 10.1. The molecular formula is C22H25N3O11. The molecule has 0 aliphatic carbocycles. The van der Waals surface area contributed by atoms with Gasteiger partial charge in [0, 0.05) is 13.0 Å². The van der Waals surface area contributed by atoms with Gasteiger partial charge in [0.15, 0.2) is 0 Å². The third kappa shape index (κ3) is 7.25. The second-order valence-electron chi connectivity index (χ2n) is 7.76. The van der Waals surface area contributed by atoms with Gasteiger partial charge < -0.3 is 25.4 Å². The standard InChI is InChI=1S/C22H25N3O11/c26-16(27)10-9-15(20(32)33)25-18(29)17(28)24(22(25)35)14(19(30)31)8-4-5-11-23-21(34)36-12-13-6-2-1-3-7-13/h1-3,6-7,14-15H,4-5,8-12H2,(H,23,34)(H,26,27)(H,30,31)(H,32,33)/t14-,15-/m0/s1. The Labute approximate surface area is 204 Å². The van der Waals surface area contributed by atoms with Crippen molar-refractivity contribution in [3.8, 4) is 0 Å². The van der Waals surface area contributed by atoms with Crippen molar-refractivity contribution in [2.45, 2.75) is 50.8 Å². The van der Waals surface area contributed by atoms with Crippen molar-refractivity contribution in [1.82, 2.24) is 15.1 Å². The fourth-order valence-electron chi connectivity index (χ4n) is 3.46. The number of unbranched alkanes of at least 4 members (excludes halogenated alkanes) is 1. The molecule has 1 saturated heterocycles. The second-order valence-corrected chi connectivity index (χ2v) is 7.76. The van der Waals surface area contributed by atoms with Crippen LogP contribution in [0.2, 0.25) is 0 Å². The van der Waals surface area contributed by atoms with E-state index in [1.165, 1.54) is 0 Å². The molecule has 1 aromatic carbocycles. The number of imide groups is 2. The van der Waals surface area contributed by atoms with Gasteiger partial charge in [-0.25, -0.2) is 29.0 Å². The number of rotatable bonds is 14. The number of ether oxygens (including phenoxy) is 1. The van der Waals surface area contributed by atoms with Gasteiger partial charge in [-0.3, -0.25) is 14.4 Å². The van der Waals surface area contributed by atoms with Crippen LogP contribution in [0, 0.1) is 0 Å². The van der Waals surface area contributed by atoms with Gasteiger partial charge in [-0.15, -0.1) is 0 Å². The maximum Gasteiger partial charge on any atom is 0.407 e. The fourth-order valence-corrected chi connectivity index (χ4v) is 3.46. The lowest BCUT2D eigenvalue weighted by Crippen LogP contribution is -2.49. The topological polar surface area (TPSA) is 208 Å². The minimum absolute atomic E-state index is 0.0568. The van der Waals surface area contributed by atoms with Crippen molar-refractivity contribution in [3.63, 3.8) is 0 Å². The summed E-state index contributed by atoms with van der Waals surface area (Å²) in [5, 5.41) is 30.1. The number of hydrogen-bond acceptors (Lipinski definition) is 8. The summed E-state index contributed by atoms with van der Waals surface area (Å²) in [4.78, 5) is 83.4. The van der Waals surface area contributed by atoms with Crippen LogP contribution in [0.4, 0.5) is 9.59 Å². The molecule has 0 spiro atoms. The van der Waals surface area contributed by atoms with Gasteiger partial charge in [0.1, 0.15) is 18.7 Å². The Morgan fingerprint density at radius 3 is 1.92 bits per heavy atom. The van der Waals surface area contributed by atoms with E-state index in [0.29, 0.717) is 0 Å². The van der Waals surface area contributed by atoms with E-state index in [2.05, 4.69) is 5.32 Å². The molecule has 14 nitrogen and oxygen atoms in total. The molecule has 14 heteroatoms. The molecule has 1 aliphatic rings. The molecule has 2 atom stereocenters. The number of carbonyl (C=O) groups is 7. The first-order chi connectivity index (χ1) is 17.0. The van der Waals surface area contributed by atoms with E-state index < -0.39 is 66.8 Å². The zero-order valence-electron chi connectivity index (χ0n) is 19.0. The van der Waals surface area contributed by atoms with Crippen LogP contribution in [-0.4, -0.2) is 85.6 Å². The number of nitrogens with zero attached hydrogens (tertiary/aromatic N) is 2. The third-order valence-corrected chi connectivity index (χ3v) is 5.24. The van der Waals surface area contributed by atoms with Gasteiger partial charge in [-0.05, 0) is 31.2 Å². The third-order valence-electron chi connectivity index (χ3n) is 5.24. The number of carbonyl (C=O) groups excluding carboxylic acids is 4. The lowest BCUT2D eigenvalue weighted by Gasteiger charge is -2.24. The second kappa shape index (κ2) is 12.8. The predicted molar refractivity (Wildman–Crippen MR) is 117 cm³/mol. The van der Waals surface area contributed by atoms with Crippen molar-refractivity contribution in [2.75, 3.05) is 6.54 Å². The molecule has 1 heterocycles. The minimum Gasteiger partial charge on any atom is -0.481 e. The van der Waals surface area contributed by atoms with Crippen LogP contribution in [0.25, 0.3) is 0 Å². The van der Waals surface area contributed by atoms with Gasteiger partial charge in [0.25, 0.3) is 0 Å². The van der Waals surface area contributed by atoms with Crippen LogP contribution in [0.15, 0.2) is 30.3 Å². The van der Waals surface area contributed by atoms with Gasteiger partial charge >= 0.3 is 41.8 Å². The molecule has 36 heavy (non-hydrogen) atoms. The minimum atomic E-state index is -1.95. The van der Waals surface area contributed by atoms with E-state index in [1.807, 2.05) is 6.07 Å². The summed E-state index contributed by atoms with van der Waals surface area (Å²) in [7, 11) is 0. The first kappa shape index (κ1) is 27.8. The van der Waals surface area contributed by atoms with E-state index >= 15 is 0 Å². The van der Waals surface area contributed by atoms with Gasteiger partial charge in [-0.1, -0.05) is 30.3 Å². The van der Waals surface area contributed by atoms with Crippen LogP contribution in [-0.2, 0) is 35.3 Å². The van der Waals surface area contributed by atoms with Crippen molar-refractivity contribution in [1.29, 1.82) is 0 Å². The maximum absolute atomic E-state index is 12.7. The highest BCUT2D eigenvalue weighted by Gasteiger charge is 2.53. The molecule has 0 bridgehead atoms. The predicted octanol–water partition coefficient (Wildman–Crippen LogP) is 0.645. The zero-order chi connectivity index (χ0) is 26.8. The summed E-state index contributed by atoms with van der Waals surface area (Å²) in [5.41, 5.74) is 0.786.